The summed E-state index contributed by atoms with van der Waals surface area (Å²) < 4.78 is 4.86. The van der Waals surface area contributed by atoms with Crippen LogP contribution in [0.2, 0.25) is 0 Å². The number of hydrogen-bond donors (Lipinski definition) is 2. The van der Waals surface area contributed by atoms with Crippen LogP contribution in [0.5, 0.6) is 0 Å². The lowest BCUT2D eigenvalue weighted by Crippen LogP contribution is -2.20. The maximum absolute atomic E-state index is 10.7. The van der Waals surface area contributed by atoms with Gasteiger partial charge in [0.05, 0.1) is 6.61 Å². The number of anilines is 1. The first-order valence-corrected chi connectivity index (χ1v) is 5.37. The molecule has 1 amide bonds. The van der Waals surface area contributed by atoms with E-state index < -0.39 is 0 Å². The van der Waals surface area contributed by atoms with E-state index in [2.05, 4.69) is 29.7 Å². The molecule has 0 unspecified atom stereocenters. The molecule has 1 aromatic rings. The van der Waals surface area contributed by atoms with Gasteiger partial charge in [-0.1, -0.05) is 17.7 Å². The van der Waals surface area contributed by atoms with Gasteiger partial charge in [0, 0.05) is 19.3 Å². The van der Waals surface area contributed by atoms with E-state index in [1.165, 1.54) is 5.56 Å². The van der Waals surface area contributed by atoms with Crippen LogP contribution in [0.1, 0.15) is 12.0 Å². The normalized spacial score (nSPS) is 9.62. The average molecular weight is 222 g/mol. The third kappa shape index (κ3) is 4.68. The molecule has 0 saturated carbocycles. The summed E-state index contributed by atoms with van der Waals surface area (Å²) in [5.74, 6) is 0. The Morgan fingerprint density at radius 2 is 2.00 bits per heavy atom. The number of hydrogen-bond acceptors (Lipinski definition) is 3. The lowest BCUT2D eigenvalue weighted by Gasteiger charge is -2.07. The number of rotatable bonds is 5. The van der Waals surface area contributed by atoms with Crippen LogP contribution in [0.25, 0.3) is 0 Å². The van der Waals surface area contributed by atoms with Crippen LogP contribution < -0.4 is 10.6 Å². The van der Waals surface area contributed by atoms with E-state index in [9.17, 15) is 4.79 Å². The highest BCUT2D eigenvalue weighted by atomic mass is 16.5. The van der Waals surface area contributed by atoms with Crippen LogP contribution in [-0.4, -0.2) is 26.3 Å². The summed E-state index contributed by atoms with van der Waals surface area (Å²) in [7, 11) is 1.55. The molecular formula is C12H18N2O2. The zero-order valence-electron chi connectivity index (χ0n) is 9.75. The summed E-state index contributed by atoms with van der Waals surface area (Å²) in [6, 6.07) is 8.19. The molecule has 1 rings (SSSR count). The first-order valence-electron chi connectivity index (χ1n) is 5.37. The van der Waals surface area contributed by atoms with E-state index in [1.807, 2.05) is 12.1 Å². The van der Waals surface area contributed by atoms with Crippen molar-refractivity contribution in [3.05, 3.63) is 29.8 Å². The standard InChI is InChI=1S/C12H18N2O2/c1-10-4-6-11(7-5-10)14-8-3-9-16-12(15)13-2/h4-7,14H,3,8-9H2,1-2H3,(H,13,15). The Bertz CT molecular complexity index is 322. The van der Waals surface area contributed by atoms with Crippen molar-refractivity contribution in [3.63, 3.8) is 0 Å². The summed E-state index contributed by atoms with van der Waals surface area (Å²) in [4.78, 5) is 10.7. The van der Waals surface area contributed by atoms with E-state index in [0.29, 0.717) is 6.61 Å². The van der Waals surface area contributed by atoms with Gasteiger partial charge in [-0.2, -0.15) is 0 Å². The first kappa shape index (κ1) is 12.4. The molecule has 0 heterocycles. The van der Waals surface area contributed by atoms with E-state index in [-0.39, 0.29) is 6.09 Å². The van der Waals surface area contributed by atoms with Crippen molar-refractivity contribution in [2.75, 3.05) is 25.5 Å². The molecule has 4 nitrogen and oxygen atoms in total. The van der Waals surface area contributed by atoms with Gasteiger partial charge in [0.15, 0.2) is 0 Å². The second kappa shape index (κ2) is 6.71. The lowest BCUT2D eigenvalue weighted by molar-refractivity contribution is 0.148. The van der Waals surface area contributed by atoms with Crippen molar-refractivity contribution in [2.45, 2.75) is 13.3 Å². The highest BCUT2D eigenvalue weighted by molar-refractivity contribution is 5.66. The fourth-order valence-electron chi connectivity index (χ4n) is 1.21. The molecule has 0 radical (unpaired) electrons. The highest BCUT2D eigenvalue weighted by Gasteiger charge is 1.96. The fraction of sp³-hybridized carbons (Fsp3) is 0.417. The van der Waals surface area contributed by atoms with E-state index in [1.54, 1.807) is 7.05 Å². The van der Waals surface area contributed by atoms with Crippen LogP contribution in [-0.2, 0) is 4.74 Å². The Labute approximate surface area is 96.0 Å². The molecule has 0 aliphatic rings. The van der Waals surface area contributed by atoms with Gasteiger partial charge in [0.25, 0.3) is 0 Å². The van der Waals surface area contributed by atoms with Gasteiger partial charge < -0.3 is 15.4 Å². The Kier molecular flexibility index (Phi) is 5.19. The van der Waals surface area contributed by atoms with Gasteiger partial charge in [-0.25, -0.2) is 4.79 Å². The van der Waals surface area contributed by atoms with E-state index in [4.69, 9.17) is 4.74 Å². The number of nitrogens with one attached hydrogen (secondary N) is 2. The molecule has 0 spiro atoms. The van der Waals surface area contributed by atoms with Gasteiger partial charge in [-0.3, -0.25) is 0 Å². The number of alkyl carbamates (subject to hydrolysis) is 1. The monoisotopic (exact) mass is 222 g/mol. The van der Waals surface area contributed by atoms with Gasteiger partial charge in [-0.15, -0.1) is 0 Å². The SMILES string of the molecule is CNC(=O)OCCCNc1ccc(C)cc1. The van der Waals surface area contributed by atoms with Crippen LogP contribution in [0.15, 0.2) is 24.3 Å². The van der Waals surface area contributed by atoms with Crippen molar-refractivity contribution in [2.24, 2.45) is 0 Å². The summed E-state index contributed by atoms with van der Waals surface area (Å²) >= 11 is 0. The number of amides is 1. The molecule has 0 aliphatic carbocycles. The predicted molar refractivity (Wildman–Crippen MR) is 64.7 cm³/mol. The number of ether oxygens (including phenoxy) is 1. The molecule has 0 atom stereocenters. The van der Waals surface area contributed by atoms with Crippen molar-refractivity contribution in [1.29, 1.82) is 0 Å². The summed E-state index contributed by atoms with van der Waals surface area (Å²) in [5.41, 5.74) is 2.33. The van der Waals surface area contributed by atoms with Gasteiger partial charge in [0.2, 0.25) is 0 Å². The number of benzene rings is 1. The largest absolute Gasteiger partial charge is 0.450 e. The number of carbonyl (C=O) groups excluding carboxylic acids is 1. The molecule has 4 heteroatoms. The summed E-state index contributed by atoms with van der Waals surface area (Å²) in [6.07, 6.45) is 0.414. The second-order valence-corrected chi connectivity index (χ2v) is 3.53. The minimum Gasteiger partial charge on any atom is -0.450 e. The van der Waals surface area contributed by atoms with E-state index >= 15 is 0 Å². The molecular weight excluding hydrogens is 204 g/mol. The van der Waals surface area contributed by atoms with Crippen LogP contribution in [0, 0.1) is 6.92 Å². The molecule has 0 fully saturated rings. The Morgan fingerprint density at radius 3 is 2.62 bits per heavy atom. The zero-order chi connectivity index (χ0) is 11.8. The van der Waals surface area contributed by atoms with Crippen molar-refractivity contribution >= 4 is 11.8 Å². The number of carbonyl (C=O) groups is 1. The lowest BCUT2D eigenvalue weighted by atomic mass is 10.2. The minimum absolute atomic E-state index is 0.379. The summed E-state index contributed by atoms with van der Waals surface area (Å²) in [6.45, 7) is 3.28. The quantitative estimate of drug-likeness (QED) is 0.750. The molecule has 16 heavy (non-hydrogen) atoms. The fourth-order valence-corrected chi connectivity index (χ4v) is 1.21. The van der Waals surface area contributed by atoms with Crippen LogP contribution >= 0.6 is 0 Å². The van der Waals surface area contributed by atoms with Crippen LogP contribution in [0.4, 0.5) is 10.5 Å². The summed E-state index contributed by atoms with van der Waals surface area (Å²) in [5, 5.41) is 5.65. The Balaban J connectivity index is 2.11. The maximum atomic E-state index is 10.7. The maximum Gasteiger partial charge on any atom is 0.406 e. The van der Waals surface area contributed by atoms with E-state index in [0.717, 1.165) is 18.7 Å². The smallest absolute Gasteiger partial charge is 0.406 e. The average Bonchev–Trinajstić information content (AvgIpc) is 2.31. The first-order chi connectivity index (χ1) is 7.72. The topological polar surface area (TPSA) is 50.4 Å². The van der Waals surface area contributed by atoms with Crippen LogP contribution in [0.3, 0.4) is 0 Å². The molecule has 0 aliphatic heterocycles. The third-order valence-electron chi connectivity index (χ3n) is 2.14. The van der Waals surface area contributed by atoms with Crippen molar-refractivity contribution in [3.8, 4) is 0 Å². The Morgan fingerprint density at radius 1 is 1.31 bits per heavy atom. The molecule has 1 aromatic carbocycles. The molecule has 0 saturated heterocycles. The molecule has 88 valence electrons. The van der Waals surface area contributed by atoms with Gasteiger partial charge in [-0.05, 0) is 25.5 Å². The molecule has 0 bridgehead atoms. The molecule has 2 N–H and O–H groups in total. The zero-order valence-corrected chi connectivity index (χ0v) is 9.75. The van der Waals surface area contributed by atoms with Gasteiger partial charge >= 0.3 is 6.09 Å². The highest BCUT2D eigenvalue weighted by Crippen LogP contribution is 2.08. The Hall–Kier alpha value is -1.71. The molecule has 0 aromatic heterocycles. The minimum atomic E-state index is -0.379. The van der Waals surface area contributed by atoms with Gasteiger partial charge in [0.1, 0.15) is 0 Å². The van der Waals surface area contributed by atoms with Crippen molar-refractivity contribution < 1.29 is 9.53 Å². The predicted octanol–water partition coefficient (Wildman–Crippen LogP) is 2.15. The third-order valence-corrected chi connectivity index (χ3v) is 2.14. The second-order valence-electron chi connectivity index (χ2n) is 3.53. The number of aryl methyl sites for hydroxylation is 1. The van der Waals surface area contributed by atoms with Crippen molar-refractivity contribution in [1.82, 2.24) is 5.32 Å².